The minimum Gasteiger partial charge on any atom is -0.497 e. The van der Waals surface area contributed by atoms with Gasteiger partial charge in [-0.3, -0.25) is 4.79 Å². The van der Waals surface area contributed by atoms with Gasteiger partial charge < -0.3 is 14.4 Å². The topological polar surface area (TPSA) is 38.8 Å². The Labute approximate surface area is 121 Å². The van der Waals surface area contributed by atoms with Crippen LogP contribution in [0.2, 0.25) is 0 Å². The van der Waals surface area contributed by atoms with Crippen molar-refractivity contribution in [1.82, 2.24) is 4.90 Å². The van der Waals surface area contributed by atoms with Gasteiger partial charge in [-0.2, -0.15) is 0 Å². The maximum absolute atomic E-state index is 11.9. The van der Waals surface area contributed by atoms with Crippen LogP contribution >= 0.6 is 0 Å². The fourth-order valence-electron chi connectivity index (χ4n) is 1.81. The summed E-state index contributed by atoms with van der Waals surface area (Å²) in [6.07, 6.45) is 2.95. The molecule has 0 aromatic heterocycles. The van der Waals surface area contributed by atoms with Gasteiger partial charge in [0.2, 0.25) is 5.91 Å². The number of amides is 1. The third-order valence-electron chi connectivity index (χ3n) is 2.95. The van der Waals surface area contributed by atoms with E-state index < -0.39 is 0 Å². The molecule has 1 amide bonds. The zero-order valence-electron chi connectivity index (χ0n) is 12.3. The van der Waals surface area contributed by atoms with Crippen molar-refractivity contribution < 1.29 is 14.3 Å². The first kappa shape index (κ1) is 16.1. The van der Waals surface area contributed by atoms with E-state index in [2.05, 4.69) is 6.58 Å². The number of hydrogen-bond donors (Lipinski definition) is 0. The second kappa shape index (κ2) is 9.02. The van der Waals surface area contributed by atoms with Crippen molar-refractivity contribution in [3.63, 3.8) is 0 Å². The third kappa shape index (κ3) is 5.34. The quantitative estimate of drug-likeness (QED) is 0.514. The Kier molecular flexibility index (Phi) is 7.25. The third-order valence-corrected chi connectivity index (χ3v) is 2.95. The number of methoxy groups -OCH3 is 1. The van der Waals surface area contributed by atoms with Crippen LogP contribution in [0.4, 0.5) is 0 Å². The summed E-state index contributed by atoms with van der Waals surface area (Å²) in [4.78, 5) is 13.6. The van der Waals surface area contributed by atoms with Crippen molar-refractivity contribution in [3.8, 4) is 11.5 Å². The molecule has 1 aromatic carbocycles. The standard InChI is InChI=1S/C16H23NO3/c1-4-12-17(5-2)16(18)7-6-13-20-15-10-8-14(19-3)9-11-15/h4,8-11H,1,5-7,12-13H2,2-3H3. The molecule has 0 aliphatic heterocycles. The number of ether oxygens (including phenoxy) is 2. The maximum Gasteiger partial charge on any atom is 0.222 e. The molecule has 0 spiro atoms. The summed E-state index contributed by atoms with van der Waals surface area (Å²) in [5, 5.41) is 0. The Morgan fingerprint density at radius 3 is 2.50 bits per heavy atom. The number of hydrogen-bond acceptors (Lipinski definition) is 3. The molecule has 0 saturated carbocycles. The van der Waals surface area contributed by atoms with Crippen LogP contribution in [0.3, 0.4) is 0 Å². The number of carbonyl (C=O) groups excluding carboxylic acids is 1. The Bertz CT molecular complexity index is 414. The van der Waals surface area contributed by atoms with Crippen molar-refractivity contribution in [2.24, 2.45) is 0 Å². The summed E-state index contributed by atoms with van der Waals surface area (Å²) >= 11 is 0. The first-order chi connectivity index (χ1) is 9.71. The zero-order chi connectivity index (χ0) is 14.8. The molecule has 20 heavy (non-hydrogen) atoms. The van der Waals surface area contributed by atoms with E-state index in [1.54, 1.807) is 18.1 Å². The molecule has 0 bridgehead atoms. The molecular weight excluding hydrogens is 254 g/mol. The van der Waals surface area contributed by atoms with E-state index in [0.717, 1.165) is 11.5 Å². The van der Waals surface area contributed by atoms with Crippen molar-refractivity contribution in [2.45, 2.75) is 19.8 Å². The maximum atomic E-state index is 11.9. The second-order valence-electron chi connectivity index (χ2n) is 4.35. The van der Waals surface area contributed by atoms with Crippen LogP contribution in [-0.4, -0.2) is 37.6 Å². The average molecular weight is 277 g/mol. The van der Waals surface area contributed by atoms with Gasteiger partial charge >= 0.3 is 0 Å². The molecule has 0 aliphatic rings. The zero-order valence-corrected chi connectivity index (χ0v) is 12.3. The number of nitrogens with zero attached hydrogens (tertiary/aromatic N) is 1. The van der Waals surface area contributed by atoms with Gasteiger partial charge in [-0.25, -0.2) is 0 Å². The highest BCUT2D eigenvalue weighted by atomic mass is 16.5. The Balaban J connectivity index is 2.26. The fraction of sp³-hybridized carbons (Fsp3) is 0.438. The lowest BCUT2D eigenvalue weighted by molar-refractivity contribution is -0.130. The van der Waals surface area contributed by atoms with Crippen LogP contribution in [0.15, 0.2) is 36.9 Å². The summed E-state index contributed by atoms with van der Waals surface area (Å²) in [5.41, 5.74) is 0. The molecule has 1 rings (SSSR count). The lowest BCUT2D eigenvalue weighted by atomic mass is 10.2. The Morgan fingerprint density at radius 1 is 1.30 bits per heavy atom. The van der Waals surface area contributed by atoms with Gasteiger partial charge in [-0.05, 0) is 37.6 Å². The highest BCUT2D eigenvalue weighted by molar-refractivity contribution is 5.76. The molecule has 0 aliphatic carbocycles. The van der Waals surface area contributed by atoms with Gasteiger partial charge in [0.1, 0.15) is 11.5 Å². The second-order valence-corrected chi connectivity index (χ2v) is 4.35. The van der Waals surface area contributed by atoms with Crippen molar-refractivity contribution in [1.29, 1.82) is 0 Å². The molecule has 4 nitrogen and oxygen atoms in total. The van der Waals surface area contributed by atoms with Gasteiger partial charge in [0.25, 0.3) is 0 Å². The van der Waals surface area contributed by atoms with Crippen molar-refractivity contribution >= 4 is 5.91 Å². The van der Waals surface area contributed by atoms with E-state index in [0.29, 0.717) is 32.5 Å². The highest BCUT2D eigenvalue weighted by Crippen LogP contribution is 2.17. The van der Waals surface area contributed by atoms with E-state index in [1.165, 1.54) is 0 Å². The summed E-state index contributed by atoms with van der Waals surface area (Å²) < 4.78 is 10.7. The van der Waals surface area contributed by atoms with Crippen LogP contribution in [-0.2, 0) is 4.79 Å². The van der Waals surface area contributed by atoms with E-state index in [9.17, 15) is 4.79 Å². The molecule has 0 atom stereocenters. The minimum atomic E-state index is 0.144. The summed E-state index contributed by atoms with van der Waals surface area (Å²) in [5.74, 6) is 1.73. The van der Waals surface area contributed by atoms with E-state index in [-0.39, 0.29) is 5.91 Å². The van der Waals surface area contributed by atoms with Gasteiger partial charge in [0, 0.05) is 19.5 Å². The molecule has 4 heteroatoms. The van der Waals surface area contributed by atoms with Crippen LogP contribution in [0, 0.1) is 0 Å². The molecule has 110 valence electrons. The predicted octanol–water partition coefficient (Wildman–Crippen LogP) is 2.89. The molecule has 0 heterocycles. The first-order valence-electron chi connectivity index (χ1n) is 6.86. The summed E-state index contributed by atoms with van der Waals surface area (Å²) in [6.45, 7) is 7.47. The van der Waals surface area contributed by atoms with Crippen LogP contribution in [0.1, 0.15) is 19.8 Å². The molecule has 0 fully saturated rings. The minimum absolute atomic E-state index is 0.144. The summed E-state index contributed by atoms with van der Waals surface area (Å²) in [6, 6.07) is 7.42. The number of rotatable bonds is 9. The summed E-state index contributed by atoms with van der Waals surface area (Å²) in [7, 11) is 1.63. The lowest BCUT2D eigenvalue weighted by Gasteiger charge is -2.18. The first-order valence-corrected chi connectivity index (χ1v) is 6.86. The largest absolute Gasteiger partial charge is 0.497 e. The van der Waals surface area contributed by atoms with Crippen LogP contribution in [0.5, 0.6) is 11.5 Å². The SMILES string of the molecule is C=CCN(CC)C(=O)CCCOc1ccc(OC)cc1. The molecular formula is C16H23NO3. The number of likely N-dealkylation sites (N-methyl/N-ethyl adjacent to an activating group) is 1. The van der Waals surface area contributed by atoms with E-state index in [4.69, 9.17) is 9.47 Å². The molecule has 1 aromatic rings. The van der Waals surface area contributed by atoms with Crippen LogP contribution in [0.25, 0.3) is 0 Å². The Hall–Kier alpha value is -1.97. The van der Waals surface area contributed by atoms with Crippen LogP contribution < -0.4 is 9.47 Å². The van der Waals surface area contributed by atoms with E-state index in [1.807, 2.05) is 31.2 Å². The number of benzene rings is 1. The molecule has 0 saturated heterocycles. The molecule has 0 radical (unpaired) electrons. The van der Waals surface area contributed by atoms with Gasteiger partial charge in [0.05, 0.1) is 13.7 Å². The molecule has 0 N–H and O–H groups in total. The monoisotopic (exact) mass is 277 g/mol. The lowest BCUT2D eigenvalue weighted by Crippen LogP contribution is -2.30. The fourth-order valence-corrected chi connectivity index (χ4v) is 1.81. The average Bonchev–Trinajstić information content (AvgIpc) is 2.49. The van der Waals surface area contributed by atoms with Gasteiger partial charge in [-0.15, -0.1) is 6.58 Å². The smallest absolute Gasteiger partial charge is 0.222 e. The van der Waals surface area contributed by atoms with E-state index >= 15 is 0 Å². The van der Waals surface area contributed by atoms with Crippen molar-refractivity contribution in [3.05, 3.63) is 36.9 Å². The Morgan fingerprint density at radius 2 is 1.95 bits per heavy atom. The molecule has 0 unspecified atom stereocenters. The van der Waals surface area contributed by atoms with Crippen molar-refractivity contribution in [2.75, 3.05) is 26.8 Å². The predicted molar refractivity (Wildman–Crippen MR) is 80.2 cm³/mol. The normalized spacial score (nSPS) is 9.90. The highest BCUT2D eigenvalue weighted by Gasteiger charge is 2.09. The van der Waals surface area contributed by atoms with Gasteiger partial charge in [0.15, 0.2) is 0 Å². The van der Waals surface area contributed by atoms with Gasteiger partial charge in [-0.1, -0.05) is 6.08 Å². The number of carbonyl (C=O) groups is 1.